The minimum absolute atomic E-state index is 0.128. The van der Waals surface area contributed by atoms with Gasteiger partial charge in [-0.1, -0.05) is 11.6 Å². The summed E-state index contributed by atoms with van der Waals surface area (Å²) < 4.78 is 0. The highest BCUT2D eigenvalue weighted by Gasteiger charge is 2.10. The van der Waals surface area contributed by atoms with Crippen LogP contribution in [-0.2, 0) is 0 Å². The summed E-state index contributed by atoms with van der Waals surface area (Å²) in [6.45, 7) is 1.88. The van der Waals surface area contributed by atoms with Crippen molar-refractivity contribution < 1.29 is 9.90 Å². The van der Waals surface area contributed by atoms with Gasteiger partial charge in [0.2, 0.25) is 0 Å². The molecule has 92 valence electrons. The highest BCUT2D eigenvalue weighted by atomic mass is 35.5. The molecule has 2 aromatic rings. The standard InChI is InChI=1S/C13H11ClN2O2/c1-8-2-4-10(7-15-8)16-12-5-3-9(14)6-11(12)13(17)18/h2-7,16H,1H3,(H,17,18). The maximum absolute atomic E-state index is 11.1. The number of anilines is 2. The second-order valence-corrected chi connectivity index (χ2v) is 4.24. The first-order valence-corrected chi connectivity index (χ1v) is 5.66. The maximum Gasteiger partial charge on any atom is 0.337 e. The number of benzene rings is 1. The van der Waals surface area contributed by atoms with E-state index in [0.717, 1.165) is 11.4 Å². The van der Waals surface area contributed by atoms with Crippen LogP contribution >= 0.6 is 11.6 Å². The first-order valence-electron chi connectivity index (χ1n) is 5.29. The van der Waals surface area contributed by atoms with Crippen molar-refractivity contribution in [2.24, 2.45) is 0 Å². The minimum atomic E-state index is -1.03. The molecule has 0 saturated carbocycles. The predicted octanol–water partition coefficient (Wildman–Crippen LogP) is 3.49. The molecule has 0 unspecified atom stereocenters. The van der Waals surface area contributed by atoms with Crippen LogP contribution in [0.3, 0.4) is 0 Å². The van der Waals surface area contributed by atoms with Gasteiger partial charge in [-0.2, -0.15) is 0 Å². The fourth-order valence-electron chi connectivity index (χ4n) is 1.50. The van der Waals surface area contributed by atoms with Gasteiger partial charge in [-0.15, -0.1) is 0 Å². The van der Waals surface area contributed by atoms with Crippen molar-refractivity contribution in [1.82, 2.24) is 4.98 Å². The van der Waals surface area contributed by atoms with Crippen molar-refractivity contribution in [3.63, 3.8) is 0 Å². The molecule has 0 aliphatic rings. The molecule has 5 heteroatoms. The smallest absolute Gasteiger partial charge is 0.337 e. The molecule has 1 aromatic carbocycles. The van der Waals surface area contributed by atoms with Crippen LogP contribution in [0.2, 0.25) is 5.02 Å². The van der Waals surface area contributed by atoms with Crippen LogP contribution in [0.15, 0.2) is 36.5 Å². The molecule has 2 rings (SSSR count). The number of hydrogen-bond acceptors (Lipinski definition) is 3. The topological polar surface area (TPSA) is 62.2 Å². The lowest BCUT2D eigenvalue weighted by molar-refractivity contribution is 0.0698. The average Bonchev–Trinajstić information content (AvgIpc) is 2.34. The van der Waals surface area contributed by atoms with E-state index in [2.05, 4.69) is 10.3 Å². The summed E-state index contributed by atoms with van der Waals surface area (Å²) >= 11 is 5.78. The SMILES string of the molecule is Cc1ccc(Nc2ccc(Cl)cc2C(=O)O)cn1. The van der Waals surface area contributed by atoms with E-state index in [0.29, 0.717) is 10.7 Å². The molecule has 0 saturated heterocycles. The van der Waals surface area contributed by atoms with Crippen LogP contribution in [0.5, 0.6) is 0 Å². The van der Waals surface area contributed by atoms with Gasteiger partial charge < -0.3 is 10.4 Å². The second kappa shape index (κ2) is 5.06. The van der Waals surface area contributed by atoms with Crippen LogP contribution in [0.4, 0.5) is 11.4 Å². The number of nitrogens with zero attached hydrogens (tertiary/aromatic N) is 1. The number of pyridine rings is 1. The lowest BCUT2D eigenvalue weighted by Gasteiger charge is -2.09. The van der Waals surface area contributed by atoms with Gasteiger partial charge in [-0.05, 0) is 37.3 Å². The van der Waals surface area contributed by atoms with Crippen LogP contribution in [0, 0.1) is 6.92 Å². The van der Waals surface area contributed by atoms with Gasteiger partial charge >= 0.3 is 5.97 Å². The van der Waals surface area contributed by atoms with E-state index in [4.69, 9.17) is 16.7 Å². The molecule has 0 fully saturated rings. The number of carbonyl (C=O) groups is 1. The highest BCUT2D eigenvalue weighted by molar-refractivity contribution is 6.31. The predicted molar refractivity (Wildman–Crippen MR) is 70.7 cm³/mol. The lowest BCUT2D eigenvalue weighted by atomic mass is 10.1. The van der Waals surface area contributed by atoms with E-state index in [1.165, 1.54) is 6.07 Å². The number of rotatable bonds is 3. The van der Waals surface area contributed by atoms with Crippen molar-refractivity contribution in [3.05, 3.63) is 52.8 Å². The molecule has 2 N–H and O–H groups in total. The Labute approximate surface area is 109 Å². The summed E-state index contributed by atoms with van der Waals surface area (Å²) in [6.07, 6.45) is 1.65. The summed E-state index contributed by atoms with van der Waals surface area (Å²) in [4.78, 5) is 15.2. The number of aromatic carboxylic acids is 1. The number of carboxylic acid groups (broad SMARTS) is 1. The van der Waals surface area contributed by atoms with Gasteiger partial charge in [0.15, 0.2) is 0 Å². The summed E-state index contributed by atoms with van der Waals surface area (Å²) in [6, 6.07) is 8.36. The Hall–Kier alpha value is -2.07. The van der Waals surface area contributed by atoms with Crippen LogP contribution < -0.4 is 5.32 Å². The number of carboxylic acids is 1. The van der Waals surface area contributed by atoms with Crippen molar-refractivity contribution in [2.45, 2.75) is 6.92 Å². The lowest BCUT2D eigenvalue weighted by Crippen LogP contribution is -2.02. The Kier molecular flexibility index (Phi) is 3.48. The normalized spacial score (nSPS) is 10.1. The van der Waals surface area contributed by atoms with E-state index >= 15 is 0 Å². The van der Waals surface area contributed by atoms with E-state index < -0.39 is 5.97 Å². The molecular formula is C13H11ClN2O2. The van der Waals surface area contributed by atoms with Crippen molar-refractivity contribution in [1.29, 1.82) is 0 Å². The number of aromatic nitrogens is 1. The van der Waals surface area contributed by atoms with E-state index in [1.54, 1.807) is 18.3 Å². The molecule has 0 radical (unpaired) electrons. The molecule has 1 aromatic heterocycles. The zero-order valence-electron chi connectivity index (χ0n) is 9.64. The van der Waals surface area contributed by atoms with Crippen LogP contribution in [0.25, 0.3) is 0 Å². The molecule has 18 heavy (non-hydrogen) atoms. The van der Waals surface area contributed by atoms with E-state index in [1.807, 2.05) is 19.1 Å². The number of hydrogen-bond donors (Lipinski definition) is 2. The summed E-state index contributed by atoms with van der Waals surface area (Å²) in [5.41, 5.74) is 2.24. The molecule has 0 bridgehead atoms. The first-order chi connectivity index (χ1) is 8.56. The Morgan fingerprint density at radius 1 is 1.33 bits per heavy atom. The molecule has 0 spiro atoms. The zero-order chi connectivity index (χ0) is 13.1. The Balaban J connectivity index is 2.34. The quantitative estimate of drug-likeness (QED) is 0.889. The fourth-order valence-corrected chi connectivity index (χ4v) is 1.67. The van der Waals surface area contributed by atoms with Crippen LogP contribution in [0.1, 0.15) is 16.1 Å². The molecule has 1 heterocycles. The number of aryl methyl sites for hydroxylation is 1. The van der Waals surface area contributed by atoms with Crippen LogP contribution in [-0.4, -0.2) is 16.1 Å². The summed E-state index contributed by atoms with van der Waals surface area (Å²) in [7, 11) is 0. The van der Waals surface area contributed by atoms with E-state index in [9.17, 15) is 4.79 Å². The Bertz CT molecular complexity index is 582. The molecule has 4 nitrogen and oxygen atoms in total. The second-order valence-electron chi connectivity index (χ2n) is 3.81. The van der Waals surface area contributed by atoms with Gasteiger partial charge in [0.25, 0.3) is 0 Å². The molecule has 0 amide bonds. The zero-order valence-corrected chi connectivity index (χ0v) is 10.4. The fraction of sp³-hybridized carbons (Fsp3) is 0.0769. The maximum atomic E-state index is 11.1. The summed E-state index contributed by atoms with van der Waals surface area (Å²) in [5.74, 6) is -1.03. The molecule has 0 aliphatic heterocycles. The average molecular weight is 263 g/mol. The number of nitrogens with one attached hydrogen (secondary N) is 1. The third-order valence-corrected chi connectivity index (χ3v) is 2.64. The van der Waals surface area contributed by atoms with Crippen molar-refractivity contribution in [2.75, 3.05) is 5.32 Å². The first kappa shape index (κ1) is 12.4. The summed E-state index contributed by atoms with van der Waals surface area (Å²) in [5, 5.41) is 12.5. The van der Waals surface area contributed by atoms with Crippen molar-refractivity contribution >= 4 is 28.9 Å². The highest BCUT2D eigenvalue weighted by Crippen LogP contribution is 2.24. The third-order valence-electron chi connectivity index (χ3n) is 2.40. The molecule has 0 aliphatic carbocycles. The van der Waals surface area contributed by atoms with Crippen molar-refractivity contribution in [3.8, 4) is 0 Å². The van der Waals surface area contributed by atoms with Gasteiger partial charge in [-0.25, -0.2) is 4.79 Å². The third kappa shape index (κ3) is 2.78. The Morgan fingerprint density at radius 2 is 2.11 bits per heavy atom. The van der Waals surface area contributed by atoms with E-state index in [-0.39, 0.29) is 5.56 Å². The minimum Gasteiger partial charge on any atom is -0.478 e. The number of halogens is 1. The monoisotopic (exact) mass is 262 g/mol. The van der Waals surface area contributed by atoms with Gasteiger partial charge in [0.05, 0.1) is 23.1 Å². The van der Waals surface area contributed by atoms with Gasteiger partial charge in [-0.3, -0.25) is 4.98 Å². The largest absolute Gasteiger partial charge is 0.478 e. The van der Waals surface area contributed by atoms with Gasteiger partial charge in [0.1, 0.15) is 0 Å². The Morgan fingerprint density at radius 3 is 2.72 bits per heavy atom. The molecule has 0 atom stereocenters. The van der Waals surface area contributed by atoms with Gasteiger partial charge in [0, 0.05) is 10.7 Å². The molecular weight excluding hydrogens is 252 g/mol.